The van der Waals surface area contributed by atoms with Gasteiger partial charge < -0.3 is 5.11 Å². The first-order valence-corrected chi connectivity index (χ1v) is 7.24. The number of nitrogens with zero attached hydrogens (tertiary/aromatic N) is 3. The van der Waals surface area contributed by atoms with Gasteiger partial charge in [-0.1, -0.05) is 18.2 Å². The number of hydrogen-bond donors (Lipinski definition) is 1. The van der Waals surface area contributed by atoms with Crippen LogP contribution in [-0.2, 0) is 13.0 Å². The number of hydrogen-bond acceptors (Lipinski definition) is 3. The molecule has 4 nitrogen and oxygen atoms in total. The van der Waals surface area contributed by atoms with E-state index in [1.54, 1.807) is 6.20 Å². The SMILES string of the molecule is CCn1nc(C)cc1C(O)Cc1ccnc2ccccc12. The highest BCUT2D eigenvalue weighted by atomic mass is 16.3. The van der Waals surface area contributed by atoms with Crippen LogP contribution in [0.25, 0.3) is 10.9 Å². The van der Waals surface area contributed by atoms with Crippen molar-refractivity contribution in [2.45, 2.75) is 32.9 Å². The molecule has 0 saturated carbocycles. The van der Waals surface area contributed by atoms with Gasteiger partial charge in [0.05, 0.1) is 23.0 Å². The molecule has 2 aromatic heterocycles. The lowest BCUT2D eigenvalue weighted by Crippen LogP contribution is -2.10. The molecule has 3 aromatic rings. The molecule has 1 unspecified atom stereocenters. The van der Waals surface area contributed by atoms with Crippen molar-refractivity contribution in [3.05, 3.63) is 59.5 Å². The molecule has 1 N–H and O–H groups in total. The van der Waals surface area contributed by atoms with Gasteiger partial charge in [0.25, 0.3) is 0 Å². The minimum Gasteiger partial charge on any atom is -0.386 e. The van der Waals surface area contributed by atoms with E-state index in [-0.39, 0.29) is 0 Å². The minimum atomic E-state index is -0.558. The highest BCUT2D eigenvalue weighted by Crippen LogP contribution is 2.24. The largest absolute Gasteiger partial charge is 0.386 e. The zero-order valence-electron chi connectivity index (χ0n) is 12.3. The lowest BCUT2D eigenvalue weighted by Gasteiger charge is -2.13. The molecule has 0 saturated heterocycles. The molecule has 0 spiro atoms. The Morgan fingerprint density at radius 2 is 2.05 bits per heavy atom. The van der Waals surface area contributed by atoms with Crippen LogP contribution in [0.3, 0.4) is 0 Å². The van der Waals surface area contributed by atoms with Gasteiger partial charge in [0.1, 0.15) is 0 Å². The van der Waals surface area contributed by atoms with E-state index in [1.807, 2.05) is 54.9 Å². The number of pyridine rings is 1. The molecule has 2 heterocycles. The van der Waals surface area contributed by atoms with Gasteiger partial charge in [0.2, 0.25) is 0 Å². The number of para-hydroxylation sites is 1. The Morgan fingerprint density at radius 1 is 1.24 bits per heavy atom. The molecular formula is C17H19N3O. The molecule has 108 valence electrons. The van der Waals surface area contributed by atoms with Crippen molar-refractivity contribution in [2.75, 3.05) is 0 Å². The van der Waals surface area contributed by atoms with Crippen LogP contribution in [0.1, 0.15) is 30.0 Å². The Morgan fingerprint density at radius 3 is 2.86 bits per heavy atom. The predicted molar refractivity (Wildman–Crippen MR) is 83.0 cm³/mol. The lowest BCUT2D eigenvalue weighted by molar-refractivity contribution is 0.167. The predicted octanol–water partition coefficient (Wildman–Crippen LogP) is 3.04. The summed E-state index contributed by atoms with van der Waals surface area (Å²) >= 11 is 0. The normalized spacial score (nSPS) is 12.7. The van der Waals surface area contributed by atoms with E-state index >= 15 is 0 Å². The maximum Gasteiger partial charge on any atom is 0.0997 e. The summed E-state index contributed by atoms with van der Waals surface area (Å²) in [7, 11) is 0. The summed E-state index contributed by atoms with van der Waals surface area (Å²) in [6.07, 6.45) is 1.80. The Balaban J connectivity index is 1.94. The Kier molecular flexibility index (Phi) is 3.71. The smallest absolute Gasteiger partial charge is 0.0997 e. The number of rotatable bonds is 4. The molecule has 0 bridgehead atoms. The van der Waals surface area contributed by atoms with Crippen molar-refractivity contribution in [3.63, 3.8) is 0 Å². The third kappa shape index (κ3) is 2.67. The summed E-state index contributed by atoms with van der Waals surface area (Å²) in [5, 5.41) is 16.1. The number of benzene rings is 1. The maximum absolute atomic E-state index is 10.6. The zero-order valence-corrected chi connectivity index (χ0v) is 12.3. The van der Waals surface area contributed by atoms with Gasteiger partial charge in [-0.05, 0) is 37.6 Å². The van der Waals surface area contributed by atoms with Crippen LogP contribution < -0.4 is 0 Å². The van der Waals surface area contributed by atoms with Crippen molar-refractivity contribution in [1.82, 2.24) is 14.8 Å². The van der Waals surface area contributed by atoms with Crippen LogP contribution in [0.15, 0.2) is 42.6 Å². The molecule has 3 rings (SSSR count). The van der Waals surface area contributed by atoms with Crippen LogP contribution in [0.4, 0.5) is 0 Å². The number of fused-ring (bicyclic) bond motifs is 1. The molecule has 0 fully saturated rings. The van der Waals surface area contributed by atoms with Gasteiger partial charge >= 0.3 is 0 Å². The van der Waals surface area contributed by atoms with Crippen LogP contribution in [0.5, 0.6) is 0 Å². The fourth-order valence-corrected chi connectivity index (χ4v) is 2.73. The maximum atomic E-state index is 10.6. The molecule has 0 amide bonds. The van der Waals surface area contributed by atoms with Crippen LogP contribution in [0.2, 0.25) is 0 Å². The Labute approximate surface area is 124 Å². The summed E-state index contributed by atoms with van der Waals surface area (Å²) in [6, 6.07) is 12.0. The number of aromatic nitrogens is 3. The van der Waals surface area contributed by atoms with Gasteiger partial charge in [-0.2, -0.15) is 5.10 Å². The van der Waals surface area contributed by atoms with Crippen molar-refractivity contribution in [2.24, 2.45) is 0 Å². The van der Waals surface area contributed by atoms with Crippen LogP contribution in [-0.4, -0.2) is 19.9 Å². The van der Waals surface area contributed by atoms with Crippen LogP contribution >= 0.6 is 0 Å². The third-order valence-electron chi connectivity index (χ3n) is 3.73. The van der Waals surface area contributed by atoms with E-state index in [2.05, 4.69) is 10.1 Å². The molecule has 0 aliphatic heterocycles. The standard InChI is InChI=1S/C17H19N3O/c1-3-20-16(10-12(2)19-20)17(21)11-13-8-9-18-15-7-5-4-6-14(13)15/h4-10,17,21H,3,11H2,1-2H3. The quantitative estimate of drug-likeness (QED) is 0.799. The summed E-state index contributed by atoms with van der Waals surface area (Å²) < 4.78 is 1.86. The van der Waals surface area contributed by atoms with Crippen molar-refractivity contribution in [3.8, 4) is 0 Å². The molecule has 1 atom stereocenters. The molecule has 0 radical (unpaired) electrons. The van der Waals surface area contributed by atoms with Gasteiger partial charge in [0.15, 0.2) is 0 Å². The molecule has 0 aliphatic carbocycles. The first-order chi connectivity index (χ1) is 10.2. The summed E-state index contributed by atoms with van der Waals surface area (Å²) in [4.78, 5) is 4.36. The van der Waals surface area contributed by atoms with E-state index in [9.17, 15) is 5.11 Å². The number of aliphatic hydroxyl groups is 1. The van der Waals surface area contributed by atoms with Gasteiger partial charge in [-0.25, -0.2) is 0 Å². The van der Waals surface area contributed by atoms with E-state index in [0.717, 1.165) is 34.4 Å². The molecule has 4 heteroatoms. The zero-order chi connectivity index (χ0) is 14.8. The van der Waals surface area contributed by atoms with Crippen molar-refractivity contribution < 1.29 is 5.11 Å². The van der Waals surface area contributed by atoms with E-state index in [0.29, 0.717) is 6.42 Å². The highest BCUT2D eigenvalue weighted by molar-refractivity contribution is 5.81. The van der Waals surface area contributed by atoms with Gasteiger partial charge in [-0.3, -0.25) is 9.67 Å². The molecule has 21 heavy (non-hydrogen) atoms. The highest BCUT2D eigenvalue weighted by Gasteiger charge is 2.16. The first kappa shape index (κ1) is 13.8. The summed E-state index contributed by atoms with van der Waals surface area (Å²) in [5.41, 5.74) is 3.87. The average Bonchev–Trinajstić information content (AvgIpc) is 2.89. The monoisotopic (exact) mass is 281 g/mol. The van der Waals surface area contributed by atoms with E-state index < -0.39 is 6.10 Å². The fourth-order valence-electron chi connectivity index (χ4n) is 2.73. The third-order valence-corrected chi connectivity index (χ3v) is 3.73. The van der Waals surface area contributed by atoms with Crippen molar-refractivity contribution in [1.29, 1.82) is 0 Å². The number of aryl methyl sites for hydroxylation is 2. The Hall–Kier alpha value is -2.20. The molecular weight excluding hydrogens is 262 g/mol. The second-order valence-corrected chi connectivity index (χ2v) is 5.23. The summed E-state index contributed by atoms with van der Waals surface area (Å²) in [5.74, 6) is 0. The molecule has 1 aromatic carbocycles. The van der Waals surface area contributed by atoms with E-state index in [1.165, 1.54) is 0 Å². The van der Waals surface area contributed by atoms with Gasteiger partial charge in [0, 0.05) is 24.5 Å². The second kappa shape index (κ2) is 5.66. The van der Waals surface area contributed by atoms with Crippen LogP contribution in [0, 0.1) is 6.92 Å². The minimum absolute atomic E-state index is 0.558. The molecule has 0 aliphatic rings. The Bertz CT molecular complexity index is 758. The van der Waals surface area contributed by atoms with Gasteiger partial charge in [-0.15, -0.1) is 0 Å². The summed E-state index contributed by atoms with van der Waals surface area (Å²) in [6.45, 7) is 4.74. The van der Waals surface area contributed by atoms with E-state index in [4.69, 9.17) is 0 Å². The first-order valence-electron chi connectivity index (χ1n) is 7.24. The second-order valence-electron chi connectivity index (χ2n) is 5.23. The van der Waals surface area contributed by atoms with Crippen molar-refractivity contribution >= 4 is 10.9 Å². The topological polar surface area (TPSA) is 50.9 Å². The fraction of sp³-hybridized carbons (Fsp3) is 0.294. The average molecular weight is 281 g/mol. The number of aliphatic hydroxyl groups excluding tert-OH is 1. The lowest BCUT2D eigenvalue weighted by atomic mass is 10.0.